The maximum Gasteiger partial charge on any atom is 0.263 e. The number of aryl methyl sites for hydroxylation is 1. The number of carbonyl (C=O) groups excluding carboxylic acids is 2. The van der Waals surface area contributed by atoms with Crippen LogP contribution in [0.25, 0.3) is 0 Å². The molecule has 1 saturated heterocycles. The molecule has 1 fully saturated rings. The van der Waals surface area contributed by atoms with Gasteiger partial charge in [0, 0.05) is 24.7 Å². The van der Waals surface area contributed by atoms with Gasteiger partial charge in [-0.3, -0.25) is 9.59 Å². The average Bonchev–Trinajstić information content (AvgIpc) is 3.36. The Morgan fingerprint density at radius 2 is 2.00 bits per heavy atom. The number of hydrogen-bond donors (Lipinski definition) is 1. The molecule has 2 heterocycles. The standard InChI is InChI=1S/C23H24N4O3/c1-17-4-2-5-18(14-17)15-27-21(11-12-24-27)25-22(28)16-30-20-9-7-19(8-10-20)26-13-3-6-23(26)29/h2,4-5,7-12,14H,3,6,13,15-16H2,1H3,(H,25,28). The minimum absolute atomic E-state index is 0.113. The summed E-state index contributed by atoms with van der Waals surface area (Å²) < 4.78 is 7.33. The molecule has 1 aliphatic heterocycles. The van der Waals surface area contributed by atoms with E-state index in [1.807, 2.05) is 37.3 Å². The summed E-state index contributed by atoms with van der Waals surface area (Å²) in [6.07, 6.45) is 3.14. The molecule has 0 saturated carbocycles. The van der Waals surface area contributed by atoms with Gasteiger partial charge in [0.05, 0.1) is 12.7 Å². The van der Waals surface area contributed by atoms with Gasteiger partial charge in [-0.25, -0.2) is 4.68 Å². The number of rotatable bonds is 7. The predicted octanol–water partition coefficient (Wildman–Crippen LogP) is 3.38. The molecular weight excluding hydrogens is 380 g/mol. The van der Waals surface area contributed by atoms with Crippen molar-refractivity contribution >= 4 is 23.3 Å². The number of aromatic nitrogens is 2. The van der Waals surface area contributed by atoms with Crippen molar-refractivity contribution in [3.8, 4) is 5.75 Å². The summed E-state index contributed by atoms with van der Waals surface area (Å²) in [5, 5.41) is 7.14. The molecule has 1 N–H and O–H groups in total. The molecular formula is C23H24N4O3. The zero-order chi connectivity index (χ0) is 20.9. The number of nitrogens with one attached hydrogen (secondary N) is 1. The summed E-state index contributed by atoms with van der Waals surface area (Å²) in [6, 6.07) is 17.2. The van der Waals surface area contributed by atoms with Gasteiger partial charge in [0.2, 0.25) is 5.91 Å². The lowest BCUT2D eigenvalue weighted by Crippen LogP contribution is -2.23. The van der Waals surface area contributed by atoms with E-state index in [1.165, 1.54) is 5.56 Å². The SMILES string of the molecule is Cc1cccc(Cn2nccc2NC(=O)COc2ccc(N3CCCC3=O)cc2)c1. The number of hydrogen-bond acceptors (Lipinski definition) is 4. The second-order valence-electron chi connectivity index (χ2n) is 7.34. The van der Waals surface area contributed by atoms with Gasteiger partial charge in [-0.15, -0.1) is 0 Å². The Labute approximate surface area is 175 Å². The molecule has 0 atom stereocenters. The largest absolute Gasteiger partial charge is 0.484 e. The Morgan fingerprint density at radius 3 is 2.73 bits per heavy atom. The number of benzene rings is 2. The lowest BCUT2D eigenvalue weighted by atomic mass is 10.1. The van der Waals surface area contributed by atoms with Gasteiger partial charge >= 0.3 is 0 Å². The highest BCUT2D eigenvalue weighted by atomic mass is 16.5. The maximum absolute atomic E-state index is 12.3. The fraction of sp³-hybridized carbons (Fsp3) is 0.261. The van der Waals surface area contributed by atoms with Crippen molar-refractivity contribution in [2.75, 3.05) is 23.4 Å². The molecule has 3 aromatic rings. The molecule has 0 aliphatic carbocycles. The van der Waals surface area contributed by atoms with E-state index in [4.69, 9.17) is 4.74 Å². The van der Waals surface area contributed by atoms with Crippen LogP contribution in [0, 0.1) is 6.92 Å². The Balaban J connectivity index is 1.31. The summed E-state index contributed by atoms with van der Waals surface area (Å²) in [6.45, 7) is 3.25. The van der Waals surface area contributed by atoms with Gasteiger partial charge in [0.15, 0.2) is 6.61 Å². The lowest BCUT2D eigenvalue weighted by molar-refractivity contribution is -0.118. The minimum Gasteiger partial charge on any atom is -0.484 e. The van der Waals surface area contributed by atoms with Crippen molar-refractivity contribution in [2.45, 2.75) is 26.3 Å². The topological polar surface area (TPSA) is 76.5 Å². The van der Waals surface area contributed by atoms with Crippen LogP contribution in [-0.2, 0) is 16.1 Å². The molecule has 7 nitrogen and oxygen atoms in total. The second kappa shape index (κ2) is 8.82. The molecule has 1 aliphatic rings. The van der Waals surface area contributed by atoms with Gasteiger partial charge in [0.25, 0.3) is 5.91 Å². The summed E-state index contributed by atoms with van der Waals surface area (Å²) in [5.41, 5.74) is 3.15. The van der Waals surface area contributed by atoms with Crippen LogP contribution in [0.15, 0.2) is 60.8 Å². The van der Waals surface area contributed by atoms with Crippen molar-refractivity contribution in [1.82, 2.24) is 9.78 Å². The molecule has 0 bridgehead atoms. The van der Waals surface area contributed by atoms with Gasteiger partial charge in [-0.1, -0.05) is 29.8 Å². The second-order valence-corrected chi connectivity index (χ2v) is 7.34. The van der Waals surface area contributed by atoms with Crippen LogP contribution in [-0.4, -0.2) is 34.7 Å². The van der Waals surface area contributed by atoms with E-state index in [2.05, 4.69) is 16.5 Å². The van der Waals surface area contributed by atoms with E-state index in [0.717, 1.165) is 24.2 Å². The minimum atomic E-state index is -0.264. The molecule has 7 heteroatoms. The normalized spacial score (nSPS) is 13.5. The van der Waals surface area contributed by atoms with E-state index in [0.29, 0.717) is 24.5 Å². The third-order valence-electron chi connectivity index (χ3n) is 4.99. The van der Waals surface area contributed by atoms with Crippen molar-refractivity contribution < 1.29 is 14.3 Å². The summed E-state index contributed by atoms with van der Waals surface area (Å²) >= 11 is 0. The van der Waals surface area contributed by atoms with E-state index < -0.39 is 0 Å². The summed E-state index contributed by atoms with van der Waals surface area (Å²) in [4.78, 5) is 25.9. The highest BCUT2D eigenvalue weighted by Gasteiger charge is 2.21. The number of anilines is 2. The van der Waals surface area contributed by atoms with Crippen molar-refractivity contribution in [3.63, 3.8) is 0 Å². The first-order valence-corrected chi connectivity index (χ1v) is 9.99. The highest BCUT2D eigenvalue weighted by molar-refractivity contribution is 5.95. The highest BCUT2D eigenvalue weighted by Crippen LogP contribution is 2.24. The molecule has 0 radical (unpaired) electrons. The predicted molar refractivity (Wildman–Crippen MR) is 115 cm³/mol. The Morgan fingerprint density at radius 1 is 1.17 bits per heavy atom. The third-order valence-corrected chi connectivity index (χ3v) is 4.99. The zero-order valence-corrected chi connectivity index (χ0v) is 16.9. The monoisotopic (exact) mass is 404 g/mol. The quantitative estimate of drug-likeness (QED) is 0.655. The van der Waals surface area contributed by atoms with Gasteiger partial charge in [-0.2, -0.15) is 5.10 Å². The molecule has 0 unspecified atom stereocenters. The Hall–Kier alpha value is -3.61. The zero-order valence-electron chi connectivity index (χ0n) is 16.9. The smallest absolute Gasteiger partial charge is 0.263 e. The molecule has 30 heavy (non-hydrogen) atoms. The fourth-order valence-corrected chi connectivity index (χ4v) is 3.52. The van der Waals surface area contributed by atoms with Gasteiger partial charge in [0.1, 0.15) is 11.6 Å². The van der Waals surface area contributed by atoms with Crippen LogP contribution in [0.2, 0.25) is 0 Å². The molecule has 0 spiro atoms. The van der Waals surface area contributed by atoms with Crippen molar-refractivity contribution in [3.05, 3.63) is 71.9 Å². The van der Waals surface area contributed by atoms with E-state index >= 15 is 0 Å². The maximum atomic E-state index is 12.3. The fourth-order valence-electron chi connectivity index (χ4n) is 3.52. The Bertz CT molecular complexity index is 1040. The Kier molecular flexibility index (Phi) is 5.79. The van der Waals surface area contributed by atoms with E-state index in [-0.39, 0.29) is 18.4 Å². The van der Waals surface area contributed by atoms with Crippen molar-refractivity contribution in [1.29, 1.82) is 0 Å². The average molecular weight is 404 g/mol. The van der Waals surface area contributed by atoms with Crippen LogP contribution < -0.4 is 15.0 Å². The van der Waals surface area contributed by atoms with Crippen molar-refractivity contribution in [2.24, 2.45) is 0 Å². The first-order valence-electron chi connectivity index (χ1n) is 9.99. The number of ether oxygens (including phenoxy) is 1. The number of carbonyl (C=O) groups is 2. The summed E-state index contributed by atoms with van der Waals surface area (Å²) in [7, 11) is 0. The van der Waals surface area contributed by atoms with Gasteiger partial charge in [-0.05, 0) is 43.2 Å². The van der Waals surface area contributed by atoms with E-state index in [9.17, 15) is 9.59 Å². The molecule has 2 amide bonds. The van der Waals surface area contributed by atoms with Crippen LogP contribution >= 0.6 is 0 Å². The first kappa shape index (κ1) is 19.7. The molecule has 4 rings (SSSR count). The number of amides is 2. The van der Waals surface area contributed by atoms with Crippen LogP contribution in [0.1, 0.15) is 24.0 Å². The molecule has 2 aromatic carbocycles. The van der Waals surface area contributed by atoms with Crippen LogP contribution in [0.4, 0.5) is 11.5 Å². The van der Waals surface area contributed by atoms with Gasteiger partial charge < -0.3 is 15.0 Å². The number of nitrogens with zero attached hydrogens (tertiary/aromatic N) is 3. The lowest BCUT2D eigenvalue weighted by Gasteiger charge is -2.16. The molecule has 1 aromatic heterocycles. The van der Waals surface area contributed by atoms with E-state index in [1.54, 1.807) is 34.0 Å². The van der Waals surface area contributed by atoms with Crippen LogP contribution in [0.3, 0.4) is 0 Å². The summed E-state index contributed by atoms with van der Waals surface area (Å²) in [5.74, 6) is 1.08. The first-order chi connectivity index (χ1) is 14.6. The van der Waals surface area contributed by atoms with Crippen LogP contribution in [0.5, 0.6) is 5.75 Å². The third kappa shape index (κ3) is 4.68. The molecule has 154 valence electrons.